The molecule has 0 bridgehead atoms. The van der Waals surface area contributed by atoms with Crippen molar-refractivity contribution < 1.29 is 80.5 Å². The van der Waals surface area contributed by atoms with Crippen molar-refractivity contribution in [1.82, 2.24) is 0 Å². The van der Waals surface area contributed by atoms with Crippen molar-refractivity contribution in [1.29, 1.82) is 0 Å². The molecule has 0 aromatic heterocycles. The molecule has 8 N–H and O–H groups in total. The van der Waals surface area contributed by atoms with Gasteiger partial charge in [-0.1, -0.05) is 48.5 Å². The van der Waals surface area contributed by atoms with E-state index in [4.69, 9.17) is 40.9 Å². The van der Waals surface area contributed by atoms with E-state index in [0.717, 1.165) is 0 Å². The van der Waals surface area contributed by atoms with Gasteiger partial charge in [0.15, 0.2) is 0 Å². The van der Waals surface area contributed by atoms with Crippen LogP contribution in [0.25, 0.3) is 0 Å². The fourth-order valence-corrected chi connectivity index (χ4v) is 2.62. The first-order valence-electron chi connectivity index (χ1n) is 10.9. The third-order valence-electron chi connectivity index (χ3n) is 4.54. The zero-order chi connectivity index (χ0) is 30.2. The number of aromatic hydroxyl groups is 4. The third kappa shape index (κ3) is 12.3. The molecular weight excluding hydrogens is 635 g/mol. The summed E-state index contributed by atoms with van der Waals surface area (Å²) in [5, 5.41) is 69.2. The number of rotatable bonds is 4. The van der Waals surface area contributed by atoms with Crippen LogP contribution in [0.4, 0.5) is 0 Å². The van der Waals surface area contributed by atoms with E-state index in [1.807, 2.05) is 0 Å². The van der Waals surface area contributed by atoms with Gasteiger partial charge in [-0.05, 0) is 48.5 Å². The Morgan fingerprint density at radius 3 is 0.585 bits per heavy atom. The number of phenols is 4. The molecule has 0 aliphatic rings. The molecule has 0 aliphatic heterocycles. The van der Waals surface area contributed by atoms with Gasteiger partial charge in [0.1, 0.15) is 45.3 Å². The van der Waals surface area contributed by atoms with Crippen molar-refractivity contribution in [3.63, 3.8) is 0 Å². The van der Waals surface area contributed by atoms with Crippen LogP contribution in [0, 0.1) is 0 Å². The van der Waals surface area contributed by atoms with Crippen LogP contribution in [-0.2, 0) is 20.4 Å². The van der Waals surface area contributed by atoms with Gasteiger partial charge in [0.2, 0.25) is 0 Å². The third-order valence-corrected chi connectivity index (χ3v) is 4.54. The number of hydrogen-bond donors (Lipinski definition) is 8. The molecule has 0 radical (unpaired) electrons. The van der Waals surface area contributed by atoms with E-state index in [1.165, 1.54) is 48.5 Å². The van der Waals surface area contributed by atoms with Crippen molar-refractivity contribution >= 4 is 23.9 Å². The van der Waals surface area contributed by atoms with Crippen molar-refractivity contribution in [2.24, 2.45) is 0 Å². The van der Waals surface area contributed by atoms with Crippen LogP contribution in [0.3, 0.4) is 0 Å². The molecule has 13 heteroatoms. The Bertz CT molecular complexity index is 1250. The van der Waals surface area contributed by atoms with Crippen LogP contribution in [-0.4, -0.2) is 64.7 Å². The predicted octanol–water partition coefficient (Wildman–Crippen LogP) is 4.36. The van der Waals surface area contributed by atoms with Gasteiger partial charge < -0.3 is 40.9 Å². The van der Waals surface area contributed by atoms with Gasteiger partial charge in [-0.25, -0.2) is 19.2 Å². The van der Waals surface area contributed by atoms with Gasteiger partial charge in [-0.2, -0.15) is 0 Å². The molecule has 0 atom stereocenters. The molecule has 0 amide bonds. The second kappa shape index (κ2) is 18.0. The maximum Gasteiger partial charge on any atom is 0.339 e. The molecular formula is C28H24O12Pd. The van der Waals surface area contributed by atoms with E-state index in [1.54, 1.807) is 48.5 Å². The van der Waals surface area contributed by atoms with Gasteiger partial charge in [0.05, 0.1) is 0 Å². The summed E-state index contributed by atoms with van der Waals surface area (Å²) in [5.74, 6) is -5.25. The van der Waals surface area contributed by atoms with Crippen LogP contribution in [0.15, 0.2) is 97.1 Å². The van der Waals surface area contributed by atoms with Crippen LogP contribution >= 0.6 is 0 Å². The molecule has 0 unspecified atom stereocenters. The van der Waals surface area contributed by atoms with Crippen molar-refractivity contribution in [2.45, 2.75) is 0 Å². The number of benzene rings is 4. The molecule has 4 aromatic rings. The fourth-order valence-electron chi connectivity index (χ4n) is 2.62. The molecule has 41 heavy (non-hydrogen) atoms. The summed E-state index contributed by atoms with van der Waals surface area (Å²) < 4.78 is 0. The first kappa shape index (κ1) is 35.6. The molecule has 0 saturated carbocycles. The average molecular weight is 659 g/mol. The average Bonchev–Trinajstić information content (AvgIpc) is 2.90. The largest absolute Gasteiger partial charge is 0.507 e. The van der Waals surface area contributed by atoms with Crippen LogP contribution in [0.2, 0.25) is 0 Å². The molecule has 0 spiro atoms. The Kier molecular flexibility index (Phi) is 15.6. The predicted molar refractivity (Wildman–Crippen MR) is 140 cm³/mol. The van der Waals surface area contributed by atoms with E-state index in [-0.39, 0.29) is 65.7 Å². The minimum Gasteiger partial charge on any atom is -0.507 e. The van der Waals surface area contributed by atoms with Crippen LogP contribution in [0.5, 0.6) is 23.0 Å². The standard InChI is InChI=1S/4C7H6O3.Pd/c4*8-6-4-2-1-3-5(6)7(9)10;/h4*1-4,8H,(H,9,10);. The van der Waals surface area contributed by atoms with E-state index in [9.17, 15) is 19.2 Å². The van der Waals surface area contributed by atoms with Gasteiger partial charge in [-0.15, -0.1) is 0 Å². The van der Waals surface area contributed by atoms with Gasteiger partial charge in [0.25, 0.3) is 0 Å². The van der Waals surface area contributed by atoms with E-state index in [0.29, 0.717) is 0 Å². The molecule has 4 aromatic carbocycles. The topological polar surface area (TPSA) is 230 Å². The number of para-hydroxylation sites is 4. The van der Waals surface area contributed by atoms with Gasteiger partial charge >= 0.3 is 23.9 Å². The zero-order valence-electron chi connectivity index (χ0n) is 20.8. The maximum absolute atomic E-state index is 10.3. The first-order chi connectivity index (χ1) is 18.9. The molecule has 4 rings (SSSR count). The Hall–Kier alpha value is -5.38. The van der Waals surface area contributed by atoms with Crippen molar-refractivity contribution in [3.8, 4) is 23.0 Å². The Balaban J connectivity index is 0.000000516. The molecule has 0 saturated heterocycles. The van der Waals surface area contributed by atoms with E-state index >= 15 is 0 Å². The summed E-state index contributed by atoms with van der Waals surface area (Å²) in [7, 11) is 0. The Morgan fingerprint density at radius 2 is 0.488 bits per heavy atom. The summed E-state index contributed by atoms with van der Waals surface area (Å²) in [6.07, 6.45) is 0. The molecule has 0 fully saturated rings. The van der Waals surface area contributed by atoms with E-state index < -0.39 is 23.9 Å². The summed E-state index contributed by atoms with van der Waals surface area (Å²) in [5.41, 5.74) is -0.269. The summed E-state index contributed by atoms with van der Waals surface area (Å²) in [6.45, 7) is 0. The second-order valence-corrected chi connectivity index (χ2v) is 7.29. The number of carboxylic acids is 4. The molecule has 218 valence electrons. The normalized spacial score (nSPS) is 8.98. The quantitative estimate of drug-likeness (QED) is 0.143. The smallest absolute Gasteiger partial charge is 0.339 e. The summed E-state index contributed by atoms with van der Waals surface area (Å²) in [4.78, 5) is 41.0. The van der Waals surface area contributed by atoms with Gasteiger partial charge in [0, 0.05) is 20.4 Å². The fraction of sp³-hybridized carbons (Fsp3) is 0. The number of aromatic carboxylic acids is 4. The SMILES string of the molecule is O=C(O)c1ccccc1O.O=C(O)c1ccccc1O.O=C(O)c1ccccc1O.O=C(O)c1ccccc1O.[Pd]. The Labute approximate surface area is 246 Å². The monoisotopic (exact) mass is 658 g/mol. The Morgan fingerprint density at radius 1 is 0.341 bits per heavy atom. The number of carbonyl (C=O) groups is 4. The molecule has 0 aliphatic carbocycles. The zero-order valence-corrected chi connectivity index (χ0v) is 22.3. The maximum atomic E-state index is 10.3. The molecule has 12 nitrogen and oxygen atoms in total. The molecule has 0 heterocycles. The van der Waals surface area contributed by atoms with Crippen molar-refractivity contribution in [2.75, 3.05) is 0 Å². The number of carboxylic acid groups (broad SMARTS) is 4. The first-order valence-corrected chi connectivity index (χ1v) is 10.9. The minimum atomic E-state index is -1.11. The summed E-state index contributed by atoms with van der Waals surface area (Å²) in [6, 6.07) is 23.2. The second-order valence-electron chi connectivity index (χ2n) is 7.29. The van der Waals surface area contributed by atoms with Crippen molar-refractivity contribution in [3.05, 3.63) is 119 Å². The number of hydrogen-bond acceptors (Lipinski definition) is 8. The minimum absolute atomic E-state index is 0. The van der Waals surface area contributed by atoms with E-state index in [2.05, 4.69) is 0 Å². The van der Waals surface area contributed by atoms with Crippen LogP contribution in [0.1, 0.15) is 41.4 Å². The summed E-state index contributed by atoms with van der Waals surface area (Å²) >= 11 is 0. The van der Waals surface area contributed by atoms with Crippen LogP contribution < -0.4 is 0 Å². The van der Waals surface area contributed by atoms with Gasteiger partial charge in [-0.3, -0.25) is 0 Å².